The van der Waals surface area contributed by atoms with E-state index in [4.69, 9.17) is 16.6 Å². The highest BCUT2D eigenvalue weighted by Crippen LogP contribution is 2.32. The fourth-order valence-corrected chi connectivity index (χ4v) is 5.82. The van der Waals surface area contributed by atoms with E-state index in [0.717, 1.165) is 35.2 Å². The molecule has 42 heavy (non-hydrogen) atoms. The Hall–Kier alpha value is -4.10. The lowest BCUT2D eigenvalue weighted by molar-refractivity contribution is 0.0977. The predicted octanol–water partition coefficient (Wildman–Crippen LogP) is 3.25. The minimum absolute atomic E-state index is 0.0313. The molecule has 12 nitrogen and oxygen atoms in total. The van der Waals surface area contributed by atoms with Crippen molar-refractivity contribution in [3.8, 4) is 0 Å². The van der Waals surface area contributed by atoms with Gasteiger partial charge in [0.1, 0.15) is 11.0 Å². The average molecular weight is 611 g/mol. The minimum atomic E-state index is -3.83. The van der Waals surface area contributed by atoms with E-state index in [1.165, 1.54) is 6.07 Å². The molecule has 0 radical (unpaired) electrons. The van der Waals surface area contributed by atoms with Gasteiger partial charge in [0.15, 0.2) is 5.69 Å². The summed E-state index contributed by atoms with van der Waals surface area (Å²) < 4.78 is 26.9. The number of nitrogens with zero attached hydrogens (tertiary/aromatic N) is 6. The summed E-state index contributed by atoms with van der Waals surface area (Å²) in [5, 5.41) is 3.74. The van der Waals surface area contributed by atoms with E-state index < -0.39 is 22.0 Å². The van der Waals surface area contributed by atoms with Crippen LogP contribution in [0.5, 0.6) is 0 Å². The molecular formula is C28H31ClN8O4S. The molecule has 5 rings (SSSR count). The van der Waals surface area contributed by atoms with Crippen molar-refractivity contribution < 1.29 is 13.2 Å². The molecule has 1 saturated heterocycles. The molecule has 2 atom stereocenters. The SMILES string of the molecule is Cc1cc([C@@H](C)Nc2ccc(Cl)nc2C(=O)NS(C)(=O)=O)c2nc(N3CC[C@H](c4cnc(C)nc4)C3)n(C)c(=O)c2c1. The summed E-state index contributed by atoms with van der Waals surface area (Å²) in [7, 11) is -2.11. The fraction of sp³-hybridized carbons (Fsp3) is 0.357. The minimum Gasteiger partial charge on any atom is -0.377 e. The van der Waals surface area contributed by atoms with Crippen molar-refractivity contribution >= 4 is 50.1 Å². The fourth-order valence-electron chi connectivity index (χ4n) is 5.23. The number of carbonyl (C=O) groups is 1. The van der Waals surface area contributed by atoms with Crippen molar-refractivity contribution in [2.24, 2.45) is 7.05 Å². The molecule has 4 heterocycles. The van der Waals surface area contributed by atoms with E-state index in [1.807, 2.05) is 50.0 Å². The zero-order valence-electron chi connectivity index (χ0n) is 23.8. The molecule has 0 unspecified atom stereocenters. The highest BCUT2D eigenvalue weighted by Gasteiger charge is 2.28. The van der Waals surface area contributed by atoms with Crippen LogP contribution in [0.2, 0.25) is 5.15 Å². The number of pyridine rings is 1. The van der Waals surface area contributed by atoms with Gasteiger partial charge in [-0.3, -0.25) is 14.2 Å². The van der Waals surface area contributed by atoms with Crippen molar-refractivity contribution in [2.75, 3.05) is 29.6 Å². The lowest BCUT2D eigenvalue weighted by atomic mass is 10.0. The number of hydrogen-bond acceptors (Lipinski definition) is 10. The standard InChI is InChI=1S/C28H31ClN8O4S/c1-15-10-20(16(2)32-22-6-7-23(29)33-25(22)26(38)35-42(5,40)41)24-21(11-15)27(39)36(4)28(34-24)37-9-8-18(14-37)19-12-30-17(3)31-13-19/h6-7,10-13,16,18,32H,8-9,14H2,1-5H3,(H,35,38)/t16-,18+/m1/s1. The monoisotopic (exact) mass is 610 g/mol. The van der Waals surface area contributed by atoms with Crippen molar-refractivity contribution in [2.45, 2.75) is 39.2 Å². The first-order valence-electron chi connectivity index (χ1n) is 13.3. The summed E-state index contributed by atoms with van der Waals surface area (Å²) in [6.07, 6.45) is 5.47. The Balaban J connectivity index is 1.52. The van der Waals surface area contributed by atoms with Crippen molar-refractivity contribution in [1.82, 2.24) is 29.2 Å². The Morgan fingerprint density at radius 2 is 1.86 bits per heavy atom. The number of fused-ring (bicyclic) bond motifs is 1. The lowest BCUT2D eigenvalue weighted by Crippen LogP contribution is -2.31. The van der Waals surface area contributed by atoms with Crippen LogP contribution in [0.25, 0.3) is 10.9 Å². The molecule has 2 N–H and O–H groups in total. The number of nitrogens with one attached hydrogen (secondary N) is 2. The van der Waals surface area contributed by atoms with Gasteiger partial charge in [0, 0.05) is 44.0 Å². The van der Waals surface area contributed by atoms with E-state index in [0.29, 0.717) is 29.9 Å². The van der Waals surface area contributed by atoms with Crippen LogP contribution in [-0.2, 0) is 17.1 Å². The highest BCUT2D eigenvalue weighted by molar-refractivity contribution is 7.89. The molecule has 0 saturated carbocycles. The van der Waals surface area contributed by atoms with Crippen molar-refractivity contribution in [3.05, 3.63) is 80.4 Å². The molecule has 0 aliphatic carbocycles. The Morgan fingerprint density at radius 3 is 2.55 bits per heavy atom. The third kappa shape index (κ3) is 6.07. The molecule has 1 aliphatic heterocycles. The molecule has 1 amide bonds. The van der Waals surface area contributed by atoms with Gasteiger partial charge in [0.05, 0.1) is 28.9 Å². The summed E-state index contributed by atoms with van der Waals surface area (Å²) in [5.41, 5.74) is 3.11. The van der Waals surface area contributed by atoms with E-state index in [1.54, 1.807) is 17.7 Å². The largest absolute Gasteiger partial charge is 0.377 e. The first kappa shape index (κ1) is 29.4. The number of rotatable bonds is 7. The van der Waals surface area contributed by atoms with Crippen LogP contribution in [0.15, 0.2) is 41.5 Å². The summed E-state index contributed by atoms with van der Waals surface area (Å²) in [6.45, 7) is 7.00. The predicted molar refractivity (Wildman–Crippen MR) is 162 cm³/mol. The van der Waals surface area contributed by atoms with Crippen LogP contribution >= 0.6 is 11.6 Å². The van der Waals surface area contributed by atoms with Crippen LogP contribution in [-0.4, -0.2) is 58.2 Å². The van der Waals surface area contributed by atoms with Gasteiger partial charge in [-0.25, -0.2) is 33.1 Å². The molecule has 3 aromatic heterocycles. The number of halogens is 1. The third-order valence-corrected chi connectivity index (χ3v) is 8.03. The number of aryl methyl sites for hydroxylation is 2. The summed E-state index contributed by atoms with van der Waals surface area (Å²) in [4.78, 5) is 46.2. The van der Waals surface area contributed by atoms with Crippen LogP contribution in [0.4, 0.5) is 11.6 Å². The van der Waals surface area contributed by atoms with E-state index >= 15 is 0 Å². The first-order valence-corrected chi connectivity index (χ1v) is 15.6. The van der Waals surface area contributed by atoms with Gasteiger partial charge >= 0.3 is 0 Å². The van der Waals surface area contributed by atoms with Gasteiger partial charge in [0.25, 0.3) is 11.5 Å². The van der Waals surface area contributed by atoms with Gasteiger partial charge < -0.3 is 10.2 Å². The molecule has 0 spiro atoms. The molecular weight excluding hydrogens is 580 g/mol. The summed E-state index contributed by atoms with van der Waals surface area (Å²) in [6, 6.07) is 6.35. The zero-order chi connectivity index (χ0) is 30.3. The second kappa shape index (κ2) is 11.3. The molecule has 1 aromatic carbocycles. The second-order valence-corrected chi connectivity index (χ2v) is 12.8. The molecule has 220 valence electrons. The van der Waals surface area contributed by atoms with Gasteiger partial charge in [-0.15, -0.1) is 0 Å². The number of carbonyl (C=O) groups excluding carboxylic acids is 1. The van der Waals surface area contributed by atoms with Gasteiger partial charge in [-0.05, 0) is 56.5 Å². The topological polar surface area (TPSA) is 152 Å². The zero-order valence-corrected chi connectivity index (χ0v) is 25.4. The number of sulfonamides is 1. The summed E-state index contributed by atoms with van der Waals surface area (Å²) in [5.74, 6) is 0.572. The first-order chi connectivity index (χ1) is 19.8. The van der Waals surface area contributed by atoms with Crippen molar-refractivity contribution in [3.63, 3.8) is 0 Å². The number of aromatic nitrogens is 5. The Labute approximate surface area is 248 Å². The van der Waals surface area contributed by atoms with Crippen LogP contribution in [0.1, 0.15) is 58.3 Å². The number of anilines is 2. The smallest absolute Gasteiger partial charge is 0.285 e. The molecule has 1 fully saturated rings. The second-order valence-electron chi connectivity index (χ2n) is 10.6. The van der Waals surface area contributed by atoms with E-state index in [2.05, 4.69) is 25.2 Å². The van der Waals surface area contributed by atoms with Gasteiger partial charge in [-0.2, -0.15) is 0 Å². The molecule has 0 bridgehead atoms. The Bertz CT molecular complexity index is 1860. The number of amides is 1. The molecule has 1 aliphatic rings. The van der Waals surface area contributed by atoms with Crippen LogP contribution in [0.3, 0.4) is 0 Å². The van der Waals surface area contributed by atoms with Crippen molar-refractivity contribution in [1.29, 1.82) is 0 Å². The maximum absolute atomic E-state index is 13.6. The summed E-state index contributed by atoms with van der Waals surface area (Å²) >= 11 is 6.03. The van der Waals surface area contributed by atoms with Crippen LogP contribution in [0, 0.1) is 13.8 Å². The number of benzene rings is 1. The normalized spacial score (nSPS) is 16.0. The van der Waals surface area contributed by atoms with E-state index in [9.17, 15) is 18.0 Å². The van der Waals surface area contributed by atoms with Gasteiger partial charge in [0.2, 0.25) is 16.0 Å². The quantitative estimate of drug-likeness (QED) is 0.298. The van der Waals surface area contributed by atoms with Crippen LogP contribution < -0.4 is 20.5 Å². The average Bonchev–Trinajstić information content (AvgIpc) is 3.41. The van der Waals surface area contributed by atoms with Gasteiger partial charge in [-0.1, -0.05) is 17.7 Å². The lowest BCUT2D eigenvalue weighted by Gasteiger charge is -2.23. The Kier molecular flexibility index (Phi) is 7.90. The number of hydrogen-bond donors (Lipinski definition) is 2. The Morgan fingerprint density at radius 1 is 1.14 bits per heavy atom. The van der Waals surface area contributed by atoms with E-state index in [-0.39, 0.29) is 28.0 Å². The molecule has 4 aromatic rings. The maximum atomic E-state index is 13.6. The maximum Gasteiger partial charge on any atom is 0.285 e. The molecule has 14 heteroatoms. The third-order valence-electron chi connectivity index (χ3n) is 7.27. The highest BCUT2D eigenvalue weighted by atomic mass is 35.5.